The Bertz CT molecular complexity index is 1190. The van der Waals surface area contributed by atoms with E-state index in [9.17, 15) is 27.9 Å². The fraction of sp³-hybridized carbons (Fsp3) is 0.607. The second-order valence-electron chi connectivity index (χ2n) is 11.1. The van der Waals surface area contributed by atoms with Crippen LogP contribution in [0.1, 0.15) is 73.4 Å². The van der Waals surface area contributed by atoms with Crippen LogP contribution < -0.4 is 0 Å². The molecule has 1 N–H and O–H groups in total. The molecule has 2 fully saturated rings. The zero-order chi connectivity index (χ0) is 27.9. The number of carbonyl (C=O) groups excluding carboxylic acids is 1. The lowest BCUT2D eigenvalue weighted by Gasteiger charge is -2.41. The summed E-state index contributed by atoms with van der Waals surface area (Å²) in [6, 6.07) is 10.4. The van der Waals surface area contributed by atoms with E-state index in [1.807, 2.05) is 37.3 Å². The molecule has 0 aliphatic carbocycles. The number of carboxylic acid groups (broad SMARTS) is 1. The van der Waals surface area contributed by atoms with Crippen molar-refractivity contribution in [2.45, 2.75) is 88.8 Å². The van der Waals surface area contributed by atoms with Gasteiger partial charge >= 0.3 is 12.3 Å². The van der Waals surface area contributed by atoms with Crippen LogP contribution >= 0.6 is 0 Å². The van der Waals surface area contributed by atoms with Crippen LogP contribution in [0.2, 0.25) is 0 Å². The maximum Gasteiger partial charge on any atom is 0.407 e. The third-order valence-electron chi connectivity index (χ3n) is 8.77. The molecule has 2 aromatic rings. The van der Waals surface area contributed by atoms with Gasteiger partial charge in [0.05, 0.1) is 24.0 Å². The zero-order valence-electron chi connectivity index (χ0n) is 22.4. The van der Waals surface area contributed by atoms with E-state index in [1.54, 1.807) is 7.05 Å². The highest BCUT2D eigenvalue weighted by Crippen LogP contribution is 2.43. The third kappa shape index (κ3) is 5.78. The lowest BCUT2D eigenvalue weighted by Crippen LogP contribution is -2.45. The summed E-state index contributed by atoms with van der Waals surface area (Å²) in [7, 11) is 1.62. The maximum absolute atomic E-state index is 12.9. The number of amides is 2. The van der Waals surface area contributed by atoms with Crippen LogP contribution in [0, 0.1) is 6.92 Å². The van der Waals surface area contributed by atoms with E-state index in [4.69, 9.17) is 4.98 Å². The number of nitrogens with zero attached hydrogens (tertiary/aromatic N) is 5. The number of alkyl halides is 3. The highest BCUT2D eigenvalue weighted by molar-refractivity contribution is 5.77. The molecule has 4 heterocycles. The fourth-order valence-corrected chi connectivity index (χ4v) is 6.98. The lowest BCUT2D eigenvalue weighted by molar-refractivity contribution is -0.162. The molecule has 2 unspecified atom stereocenters. The van der Waals surface area contributed by atoms with E-state index >= 15 is 0 Å². The summed E-state index contributed by atoms with van der Waals surface area (Å²) in [4.78, 5) is 34.1. The van der Waals surface area contributed by atoms with Crippen LogP contribution in [0.15, 0.2) is 30.3 Å². The van der Waals surface area contributed by atoms with Crippen molar-refractivity contribution >= 4 is 12.0 Å². The molecular formula is C28H36F3N5O3. The van der Waals surface area contributed by atoms with Gasteiger partial charge in [0, 0.05) is 44.7 Å². The van der Waals surface area contributed by atoms with Crippen molar-refractivity contribution in [1.82, 2.24) is 24.3 Å². The van der Waals surface area contributed by atoms with Crippen LogP contribution in [-0.4, -0.2) is 79.8 Å². The number of carbonyl (C=O) groups is 2. The first kappa shape index (κ1) is 27.5. The van der Waals surface area contributed by atoms with Gasteiger partial charge in [0.1, 0.15) is 12.2 Å². The molecule has 0 radical (unpaired) electrons. The number of aryl methyl sites for hydroxylation is 1. The molecule has 0 saturated carbocycles. The van der Waals surface area contributed by atoms with Gasteiger partial charge in [0.2, 0.25) is 5.91 Å². The summed E-state index contributed by atoms with van der Waals surface area (Å²) < 4.78 is 40.7. The molecule has 3 aliphatic rings. The first-order chi connectivity index (χ1) is 18.5. The predicted molar refractivity (Wildman–Crippen MR) is 138 cm³/mol. The summed E-state index contributed by atoms with van der Waals surface area (Å²) in [5.74, 6) is -0.0251. The van der Waals surface area contributed by atoms with Gasteiger partial charge in [-0.15, -0.1) is 0 Å². The Morgan fingerprint density at radius 2 is 1.79 bits per heavy atom. The molecule has 8 nitrogen and oxygen atoms in total. The molecule has 212 valence electrons. The molecule has 11 heteroatoms. The average molecular weight is 548 g/mol. The highest BCUT2D eigenvalue weighted by atomic mass is 19.4. The van der Waals surface area contributed by atoms with Gasteiger partial charge < -0.3 is 19.5 Å². The number of halogens is 3. The summed E-state index contributed by atoms with van der Waals surface area (Å²) in [5.41, 5.74) is 2.75. The molecule has 39 heavy (non-hydrogen) atoms. The molecule has 0 spiro atoms. The van der Waals surface area contributed by atoms with Crippen LogP contribution in [0.5, 0.6) is 0 Å². The molecule has 2 saturated heterocycles. The second kappa shape index (κ2) is 10.8. The third-order valence-corrected chi connectivity index (χ3v) is 8.77. The largest absolute Gasteiger partial charge is 0.465 e. The second-order valence-corrected chi connectivity index (χ2v) is 11.1. The van der Waals surface area contributed by atoms with Crippen LogP contribution in [-0.2, 0) is 17.8 Å². The van der Waals surface area contributed by atoms with Crippen molar-refractivity contribution in [3.63, 3.8) is 0 Å². The van der Waals surface area contributed by atoms with Gasteiger partial charge in [-0.2, -0.15) is 13.2 Å². The molecule has 1 aromatic heterocycles. The van der Waals surface area contributed by atoms with E-state index in [-0.39, 0.29) is 25.2 Å². The predicted octanol–water partition coefficient (Wildman–Crippen LogP) is 4.94. The molecule has 5 rings (SSSR count). The van der Waals surface area contributed by atoms with Crippen LogP contribution in [0.25, 0.3) is 0 Å². The average Bonchev–Trinajstić information content (AvgIpc) is 3.33. The molecule has 1 aromatic carbocycles. The van der Waals surface area contributed by atoms with Gasteiger partial charge in [0.15, 0.2) is 0 Å². The molecule has 2 bridgehead atoms. The van der Waals surface area contributed by atoms with E-state index in [0.29, 0.717) is 24.9 Å². The number of rotatable bonds is 7. The van der Waals surface area contributed by atoms with E-state index in [2.05, 4.69) is 9.47 Å². The minimum Gasteiger partial charge on any atom is -0.465 e. The number of hydrogen-bond donors (Lipinski definition) is 1. The first-order valence-corrected chi connectivity index (χ1v) is 13.7. The molecular weight excluding hydrogens is 511 g/mol. The summed E-state index contributed by atoms with van der Waals surface area (Å²) in [6.07, 6.45) is -1.79. The van der Waals surface area contributed by atoms with E-state index in [0.717, 1.165) is 55.0 Å². The van der Waals surface area contributed by atoms with Crippen molar-refractivity contribution in [3.05, 3.63) is 53.1 Å². The normalized spacial score (nSPS) is 23.9. The Morgan fingerprint density at radius 3 is 2.41 bits per heavy atom. The number of fused-ring (bicyclic) bond motifs is 3. The molecule has 3 aliphatic heterocycles. The maximum atomic E-state index is 12.9. The SMILES string of the molecule is Cc1nc2c(n1C1CC3CCC(C1)N3CC[C@@H](c1ccccc1)N(C)C(=O)O)CN(C(=O)CC(F)(F)F)CC2. The van der Waals surface area contributed by atoms with Crippen molar-refractivity contribution in [3.8, 4) is 0 Å². The lowest BCUT2D eigenvalue weighted by atomic mass is 9.94. The summed E-state index contributed by atoms with van der Waals surface area (Å²) in [5, 5.41) is 9.66. The Morgan fingerprint density at radius 1 is 1.13 bits per heavy atom. The Hall–Kier alpha value is -3.08. The number of piperidine rings is 1. The molecule has 2 amide bonds. The van der Waals surface area contributed by atoms with Crippen molar-refractivity contribution in [1.29, 1.82) is 0 Å². The first-order valence-electron chi connectivity index (χ1n) is 13.7. The zero-order valence-corrected chi connectivity index (χ0v) is 22.4. The number of benzene rings is 1. The van der Waals surface area contributed by atoms with Crippen molar-refractivity contribution < 1.29 is 27.9 Å². The Labute approximate surface area is 226 Å². The minimum absolute atomic E-state index is 0.168. The Balaban J connectivity index is 1.28. The van der Waals surface area contributed by atoms with Gasteiger partial charge in [-0.3, -0.25) is 9.69 Å². The van der Waals surface area contributed by atoms with Gasteiger partial charge in [-0.1, -0.05) is 30.3 Å². The monoisotopic (exact) mass is 547 g/mol. The number of aromatic nitrogens is 2. The minimum atomic E-state index is -4.52. The summed E-state index contributed by atoms with van der Waals surface area (Å²) in [6.45, 7) is 3.16. The van der Waals surface area contributed by atoms with E-state index in [1.165, 1.54) is 9.80 Å². The standard InChI is InChI=1S/C28H36F3N5O3/c1-18-32-23-10-12-34(26(37)16-28(29,30)31)17-25(23)36(18)22-14-20-8-9-21(15-22)35(20)13-11-24(33(2)27(38)39)19-6-4-3-5-7-19/h3-7,20-22,24H,8-17H2,1-2H3,(H,38,39)/t20?,21?,22?,24-/m0/s1. The van der Waals surface area contributed by atoms with Crippen molar-refractivity contribution in [2.24, 2.45) is 0 Å². The topological polar surface area (TPSA) is 81.9 Å². The van der Waals surface area contributed by atoms with E-state index < -0.39 is 24.6 Å². The number of hydrogen-bond acceptors (Lipinski definition) is 4. The quantitative estimate of drug-likeness (QED) is 0.531. The smallest absolute Gasteiger partial charge is 0.407 e. The molecule has 3 atom stereocenters. The van der Waals surface area contributed by atoms with Gasteiger partial charge in [0.25, 0.3) is 0 Å². The van der Waals surface area contributed by atoms with Crippen LogP contribution in [0.3, 0.4) is 0 Å². The summed E-state index contributed by atoms with van der Waals surface area (Å²) >= 11 is 0. The van der Waals surface area contributed by atoms with Crippen molar-refractivity contribution in [2.75, 3.05) is 20.1 Å². The Kier molecular flexibility index (Phi) is 7.63. The van der Waals surface area contributed by atoms with Crippen LogP contribution in [0.4, 0.5) is 18.0 Å². The highest BCUT2D eigenvalue weighted by Gasteiger charge is 2.43. The fourth-order valence-electron chi connectivity index (χ4n) is 6.98. The number of imidazole rings is 1. The van der Waals surface area contributed by atoms with Gasteiger partial charge in [-0.25, -0.2) is 9.78 Å². The van der Waals surface area contributed by atoms with Gasteiger partial charge in [-0.05, 0) is 44.6 Å².